The zero-order valence-electron chi connectivity index (χ0n) is 16.6. The van der Waals surface area contributed by atoms with Crippen LogP contribution in [0.2, 0.25) is 0 Å². The summed E-state index contributed by atoms with van der Waals surface area (Å²) in [7, 11) is 0. The number of carbonyl (C=O) groups excluding carboxylic acids is 1. The number of allylic oxidation sites excluding steroid dienone is 1. The van der Waals surface area contributed by atoms with Crippen LogP contribution in [0.1, 0.15) is 23.7 Å². The topological polar surface area (TPSA) is 78.1 Å². The van der Waals surface area contributed by atoms with Gasteiger partial charge >= 0.3 is 0 Å². The van der Waals surface area contributed by atoms with E-state index in [9.17, 15) is 4.79 Å². The van der Waals surface area contributed by atoms with Crippen molar-refractivity contribution in [1.82, 2.24) is 9.97 Å². The summed E-state index contributed by atoms with van der Waals surface area (Å²) in [6.07, 6.45) is 3.41. The van der Waals surface area contributed by atoms with E-state index in [-0.39, 0.29) is 0 Å². The Morgan fingerprint density at radius 3 is 2.47 bits per heavy atom. The Balaban J connectivity index is 1.53. The number of aromatic nitrogens is 2. The van der Waals surface area contributed by atoms with Crippen molar-refractivity contribution in [3.8, 4) is 5.75 Å². The molecule has 4 rings (SSSR count). The van der Waals surface area contributed by atoms with Crippen molar-refractivity contribution in [1.29, 1.82) is 0 Å². The molecule has 0 aliphatic rings. The summed E-state index contributed by atoms with van der Waals surface area (Å²) in [5, 5.41) is 1.10. The van der Waals surface area contributed by atoms with E-state index in [0.29, 0.717) is 17.9 Å². The maximum absolute atomic E-state index is 12.1. The minimum absolute atomic E-state index is 0.359. The fourth-order valence-electron chi connectivity index (χ4n) is 3.34. The highest BCUT2D eigenvalue weighted by Gasteiger charge is 2.14. The molecule has 2 aromatic heterocycles. The number of fused-ring (bicyclic) bond motifs is 1. The van der Waals surface area contributed by atoms with Crippen molar-refractivity contribution < 1.29 is 9.53 Å². The van der Waals surface area contributed by atoms with Crippen LogP contribution >= 0.6 is 0 Å². The van der Waals surface area contributed by atoms with Crippen molar-refractivity contribution in [3.63, 3.8) is 0 Å². The quantitative estimate of drug-likeness (QED) is 0.483. The van der Waals surface area contributed by atoms with Crippen molar-refractivity contribution in [2.24, 2.45) is 5.73 Å². The van der Waals surface area contributed by atoms with Gasteiger partial charge in [0.15, 0.2) is 0 Å². The molecule has 0 unspecified atom stereocenters. The number of carbonyl (C=O) groups is 1. The fourth-order valence-corrected chi connectivity index (χ4v) is 3.34. The molecule has 30 heavy (non-hydrogen) atoms. The molecule has 2 heterocycles. The maximum Gasteiger partial charge on any atom is 0.249 e. The van der Waals surface area contributed by atoms with Gasteiger partial charge in [-0.2, -0.15) is 0 Å². The second-order valence-electron chi connectivity index (χ2n) is 6.91. The Bertz CT molecular complexity index is 1220. The normalized spacial score (nSPS) is 11.8. The Morgan fingerprint density at radius 2 is 1.73 bits per heavy atom. The average molecular weight is 395 g/mol. The molecule has 0 radical (unpaired) electrons. The van der Waals surface area contributed by atoms with E-state index < -0.39 is 5.91 Å². The van der Waals surface area contributed by atoms with Crippen LogP contribution in [-0.4, -0.2) is 15.9 Å². The van der Waals surface area contributed by atoms with Gasteiger partial charge < -0.3 is 10.5 Å². The molecule has 2 aromatic carbocycles. The fraction of sp³-hybridized carbons (Fsp3) is 0.0800. The van der Waals surface area contributed by atoms with E-state index in [1.807, 2.05) is 79.7 Å². The number of amides is 1. The standard InChI is InChI=1S/C25H21N3O2/c1-17(20-6-4-14-27-15-20)24(25(26)29)19-9-12-22(13-10-19)30-16-21-11-8-18-5-2-3-7-23(18)28-21/h2-15H,16H2,1H3,(H2,26,29)/b24-17-. The summed E-state index contributed by atoms with van der Waals surface area (Å²) in [6, 6.07) is 23.0. The summed E-state index contributed by atoms with van der Waals surface area (Å²) in [5.41, 5.74) is 10.3. The Hall–Kier alpha value is -3.99. The highest BCUT2D eigenvalue weighted by atomic mass is 16.5. The Morgan fingerprint density at radius 1 is 0.933 bits per heavy atom. The van der Waals surface area contributed by atoms with E-state index >= 15 is 0 Å². The summed E-state index contributed by atoms with van der Waals surface area (Å²) in [5.74, 6) is 0.210. The number of hydrogen-bond donors (Lipinski definition) is 1. The number of para-hydroxylation sites is 1. The average Bonchev–Trinajstić information content (AvgIpc) is 2.79. The van der Waals surface area contributed by atoms with Crippen LogP contribution < -0.4 is 10.5 Å². The molecule has 5 nitrogen and oxygen atoms in total. The van der Waals surface area contributed by atoms with E-state index in [1.54, 1.807) is 12.4 Å². The van der Waals surface area contributed by atoms with E-state index in [1.165, 1.54) is 0 Å². The van der Waals surface area contributed by atoms with Gasteiger partial charge in [0, 0.05) is 23.4 Å². The van der Waals surface area contributed by atoms with Crippen molar-refractivity contribution in [2.45, 2.75) is 13.5 Å². The number of ether oxygens (including phenoxy) is 1. The number of nitrogens with two attached hydrogens (primary N) is 1. The maximum atomic E-state index is 12.1. The Kier molecular flexibility index (Phi) is 5.52. The predicted molar refractivity (Wildman–Crippen MR) is 118 cm³/mol. The zero-order chi connectivity index (χ0) is 20.9. The molecule has 1 amide bonds. The summed E-state index contributed by atoms with van der Waals surface area (Å²) in [6.45, 7) is 2.23. The minimum Gasteiger partial charge on any atom is -0.487 e. The second-order valence-corrected chi connectivity index (χ2v) is 6.91. The smallest absolute Gasteiger partial charge is 0.249 e. The molecule has 148 valence electrons. The number of benzene rings is 2. The number of pyridine rings is 2. The SMILES string of the molecule is C/C(=C(/C(N)=O)c1ccc(OCc2ccc3ccccc3n2)cc1)c1cccnc1. The molecule has 5 heteroatoms. The minimum atomic E-state index is -0.481. The van der Waals surface area contributed by atoms with Gasteiger partial charge in [-0.1, -0.05) is 42.5 Å². The van der Waals surface area contributed by atoms with E-state index in [2.05, 4.69) is 9.97 Å². The highest BCUT2D eigenvalue weighted by molar-refractivity contribution is 6.26. The number of primary amides is 1. The van der Waals surface area contributed by atoms with E-state index in [0.717, 1.165) is 33.3 Å². The first kappa shape index (κ1) is 19.3. The molecule has 0 aliphatic heterocycles. The summed E-state index contributed by atoms with van der Waals surface area (Å²) >= 11 is 0. The number of hydrogen-bond acceptors (Lipinski definition) is 4. The van der Waals surface area contributed by atoms with Gasteiger partial charge in [0.05, 0.1) is 11.2 Å². The third-order valence-corrected chi connectivity index (χ3v) is 4.90. The highest BCUT2D eigenvalue weighted by Crippen LogP contribution is 2.27. The van der Waals surface area contributed by atoms with Gasteiger partial charge in [0.1, 0.15) is 12.4 Å². The van der Waals surface area contributed by atoms with Crippen LogP contribution in [0, 0.1) is 0 Å². The lowest BCUT2D eigenvalue weighted by atomic mass is 9.96. The summed E-state index contributed by atoms with van der Waals surface area (Å²) in [4.78, 5) is 20.9. The number of nitrogens with zero attached hydrogens (tertiary/aromatic N) is 2. The van der Waals surface area contributed by atoms with Gasteiger partial charge in [0.2, 0.25) is 5.91 Å². The molecule has 0 fully saturated rings. The van der Waals surface area contributed by atoms with E-state index in [4.69, 9.17) is 10.5 Å². The summed E-state index contributed by atoms with van der Waals surface area (Å²) < 4.78 is 5.88. The lowest BCUT2D eigenvalue weighted by molar-refractivity contribution is -0.112. The van der Waals surface area contributed by atoms with Crippen LogP contribution in [0.4, 0.5) is 0 Å². The molecule has 0 saturated carbocycles. The zero-order valence-corrected chi connectivity index (χ0v) is 16.6. The first-order chi connectivity index (χ1) is 14.6. The third-order valence-electron chi connectivity index (χ3n) is 4.90. The molecular weight excluding hydrogens is 374 g/mol. The lowest BCUT2D eigenvalue weighted by Crippen LogP contribution is -2.14. The van der Waals surface area contributed by atoms with Gasteiger partial charge in [0.25, 0.3) is 0 Å². The first-order valence-corrected chi connectivity index (χ1v) is 9.61. The molecule has 4 aromatic rings. The van der Waals surface area contributed by atoms with Crippen molar-refractivity contribution in [2.75, 3.05) is 0 Å². The van der Waals surface area contributed by atoms with Crippen LogP contribution in [0.5, 0.6) is 5.75 Å². The monoisotopic (exact) mass is 395 g/mol. The molecule has 0 atom stereocenters. The Labute approximate surface area is 174 Å². The molecular formula is C25H21N3O2. The molecule has 2 N–H and O–H groups in total. The number of rotatable bonds is 6. The second kappa shape index (κ2) is 8.57. The van der Waals surface area contributed by atoms with Crippen LogP contribution in [0.15, 0.2) is 85.2 Å². The largest absolute Gasteiger partial charge is 0.487 e. The van der Waals surface area contributed by atoms with Gasteiger partial charge in [-0.25, -0.2) is 4.98 Å². The molecule has 0 spiro atoms. The van der Waals surface area contributed by atoms with Crippen molar-refractivity contribution in [3.05, 3.63) is 102 Å². The van der Waals surface area contributed by atoms with Gasteiger partial charge in [-0.15, -0.1) is 0 Å². The lowest BCUT2D eigenvalue weighted by Gasteiger charge is -2.11. The molecule has 0 bridgehead atoms. The third kappa shape index (κ3) is 4.20. The molecule has 0 aliphatic carbocycles. The van der Waals surface area contributed by atoms with Crippen molar-refractivity contribution >= 4 is 28.0 Å². The predicted octanol–water partition coefficient (Wildman–Crippen LogP) is 4.62. The van der Waals surface area contributed by atoms with Gasteiger partial charge in [-0.3, -0.25) is 9.78 Å². The van der Waals surface area contributed by atoms with Gasteiger partial charge in [-0.05, 0) is 54.0 Å². The first-order valence-electron chi connectivity index (χ1n) is 9.61. The van der Waals surface area contributed by atoms with Crippen LogP contribution in [-0.2, 0) is 11.4 Å². The van der Waals surface area contributed by atoms with Crippen LogP contribution in [0.3, 0.4) is 0 Å². The van der Waals surface area contributed by atoms with Crippen LogP contribution in [0.25, 0.3) is 22.0 Å². The molecule has 0 saturated heterocycles.